The highest BCUT2D eigenvalue weighted by Gasteiger charge is 2.37. The summed E-state index contributed by atoms with van der Waals surface area (Å²) in [6.45, 7) is 6.90. The first-order valence-electron chi connectivity index (χ1n) is 31.4. The predicted molar refractivity (Wildman–Crippen MR) is 330 cm³/mol. The number of hydrogen-bond donors (Lipinski definition) is 20. The largest absolute Gasteiger partial charge is 0.542 e. The number of imidazole rings is 2. The Morgan fingerprint density at radius 3 is 0.850 bits per heavy atom. The Kier molecular flexibility index (Phi) is 40.3. The number of aliphatic hydroxyl groups excluding tert-OH is 20. The summed E-state index contributed by atoms with van der Waals surface area (Å²) in [7, 11) is 3.25. The first-order valence-corrected chi connectivity index (χ1v) is 31.4. The van der Waals surface area contributed by atoms with Crippen molar-refractivity contribution in [1.29, 1.82) is 0 Å². The van der Waals surface area contributed by atoms with Gasteiger partial charge >= 0.3 is 12.4 Å². The number of hydrogen-bond acceptors (Lipinski definition) is 28. The van der Waals surface area contributed by atoms with E-state index < -0.39 is 148 Å². The number of aryl methyl sites for hydroxylation is 4. The van der Waals surface area contributed by atoms with E-state index in [4.69, 9.17) is 40.2 Å². The molecule has 0 saturated carbocycles. The van der Waals surface area contributed by atoms with Gasteiger partial charge in [-0.1, -0.05) is 0 Å². The van der Waals surface area contributed by atoms with Gasteiger partial charge in [-0.3, -0.25) is 19.4 Å². The van der Waals surface area contributed by atoms with Gasteiger partial charge in [0.05, 0.1) is 77.0 Å². The number of aliphatic hydroxyl groups is 20. The molecule has 0 saturated heterocycles. The van der Waals surface area contributed by atoms with Crippen molar-refractivity contribution < 1.29 is 167 Å². The van der Waals surface area contributed by atoms with Gasteiger partial charge in [0.2, 0.25) is 12.7 Å². The van der Waals surface area contributed by atoms with Crippen LogP contribution in [0.1, 0.15) is 61.3 Å². The van der Waals surface area contributed by atoms with Crippen LogP contribution in [0.15, 0.2) is 49.1 Å². The van der Waals surface area contributed by atoms with Crippen molar-refractivity contribution in [3.05, 3.63) is 60.2 Å². The van der Waals surface area contributed by atoms with E-state index in [9.17, 15) is 118 Å². The fourth-order valence-corrected chi connectivity index (χ4v) is 9.82. The second-order valence-corrected chi connectivity index (χ2v) is 23.2. The zero-order valence-corrected chi connectivity index (χ0v) is 55.8. The minimum absolute atomic E-state index is 0.108. The molecule has 2 aromatic carbocycles. The first-order chi connectivity index (χ1) is 46.5. The zero-order chi connectivity index (χ0) is 77.0. The van der Waals surface area contributed by atoms with Crippen LogP contribution >= 0.6 is 0 Å². The Bertz CT molecular complexity index is 2810. The second kappa shape index (κ2) is 43.8. The average Bonchev–Trinajstić information content (AvgIpc) is 1.64. The quantitative estimate of drug-likeness (QED) is 0.0146. The van der Waals surface area contributed by atoms with Gasteiger partial charge in [0.1, 0.15) is 85.2 Å². The van der Waals surface area contributed by atoms with Crippen LogP contribution in [0.4, 0.5) is 26.3 Å². The lowest BCUT2D eigenvalue weighted by atomic mass is 10.0. The van der Waals surface area contributed by atoms with Crippen molar-refractivity contribution in [1.82, 2.24) is 28.7 Å². The predicted octanol–water partition coefficient (Wildman–Crippen LogP) is -10.2. The van der Waals surface area contributed by atoms with E-state index in [1.165, 1.54) is 19.6 Å². The molecule has 2 aromatic heterocycles. The molecule has 0 bridgehead atoms. The van der Waals surface area contributed by atoms with Crippen LogP contribution in [0.5, 0.6) is 0 Å². The fraction of sp³-hybridized carbons (Fsp3) is 0.700. The number of carboxylic acids is 2. The summed E-state index contributed by atoms with van der Waals surface area (Å²) in [5.41, 5.74) is 4.86. The molecule has 16 atom stereocenters. The van der Waals surface area contributed by atoms with Crippen LogP contribution in [0.25, 0.3) is 22.1 Å². The molecule has 2 heterocycles. The Balaban J connectivity index is 0.000000836. The molecule has 0 aliphatic heterocycles. The molecule has 20 N–H and O–H groups in total. The molecule has 0 aliphatic carbocycles. The molecule has 34 nitrogen and oxygen atoms in total. The highest BCUT2D eigenvalue weighted by molar-refractivity contribution is 5.97. The maximum atomic E-state index is 13.2. The number of carbonyl (C=O) groups excluding carboxylic acids is 4. The molecule has 0 spiro atoms. The Morgan fingerprint density at radius 2 is 0.650 bits per heavy atom. The van der Waals surface area contributed by atoms with Gasteiger partial charge in [-0.2, -0.15) is 26.3 Å². The van der Waals surface area contributed by atoms with Gasteiger partial charge in [-0.25, -0.2) is 18.3 Å². The third-order valence-corrected chi connectivity index (χ3v) is 15.8. The Hall–Kier alpha value is -6.04. The van der Waals surface area contributed by atoms with Crippen molar-refractivity contribution >= 4 is 45.8 Å². The summed E-state index contributed by atoms with van der Waals surface area (Å²) in [5.74, 6) is -6.47. The number of aromatic nitrogens is 4. The van der Waals surface area contributed by atoms with Crippen molar-refractivity contribution in [2.24, 2.45) is 0 Å². The third-order valence-electron chi connectivity index (χ3n) is 15.8. The molecule has 0 unspecified atom stereocenters. The number of alkyl halides is 6. The summed E-state index contributed by atoms with van der Waals surface area (Å²) in [6, 6.07) is 11.0. The van der Waals surface area contributed by atoms with Crippen LogP contribution in [0, 0.1) is 0 Å². The maximum Gasteiger partial charge on any atom is 0.430 e. The summed E-state index contributed by atoms with van der Waals surface area (Å²) in [6.07, 6.45) is -34.3. The number of benzene rings is 2. The monoisotopic (exact) mass is 1460 g/mol. The van der Waals surface area contributed by atoms with Crippen LogP contribution < -0.4 is 19.3 Å². The van der Waals surface area contributed by atoms with Crippen molar-refractivity contribution in [3.63, 3.8) is 0 Å². The van der Waals surface area contributed by atoms with E-state index in [1.807, 2.05) is 64.6 Å². The van der Waals surface area contributed by atoms with E-state index >= 15 is 0 Å². The van der Waals surface area contributed by atoms with Gasteiger partial charge in [-0.15, -0.1) is 0 Å². The molecule has 4 rings (SSSR count). The van der Waals surface area contributed by atoms with Crippen molar-refractivity contribution in [2.75, 3.05) is 92.9 Å². The highest BCUT2D eigenvalue weighted by Crippen LogP contribution is 2.20. The number of carbonyl (C=O) groups is 4. The topological polar surface area (TPSA) is 550 Å². The first kappa shape index (κ1) is 92.0. The Labute approximate surface area is 570 Å². The summed E-state index contributed by atoms with van der Waals surface area (Å²) in [5, 5.41) is 215. The maximum absolute atomic E-state index is 13.2. The lowest BCUT2D eigenvalue weighted by molar-refractivity contribution is -0.668. The van der Waals surface area contributed by atoms with Gasteiger partial charge < -0.3 is 132 Å². The summed E-state index contributed by atoms with van der Waals surface area (Å²) < 4.78 is 71.4. The van der Waals surface area contributed by atoms with Gasteiger partial charge in [0, 0.05) is 89.7 Å². The summed E-state index contributed by atoms with van der Waals surface area (Å²) in [4.78, 5) is 49.8. The zero-order valence-electron chi connectivity index (χ0n) is 55.8. The van der Waals surface area contributed by atoms with E-state index in [0.29, 0.717) is 24.0 Å². The summed E-state index contributed by atoms with van der Waals surface area (Å²) >= 11 is 0. The van der Waals surface area contributed by atoms with E-state index in [0.717, 1.165) is 48.2 Å². The molecule has 40 heteroatoms. The molecule has 576 valence electrons. The number of aliphatic carboxylic acids is 2. The number of halogens is 6. The van der Waals surface area contributed by atoms with Gasteiger partial charge in [-0.05, 0) is 64.8 Å². The van der Waals surface area contributed by atoms with E-state index in [2.05, 4.69) is 18.3 Å². The van der Waals surface area contributed by atoms with Crippen molar-refractivity contribution in [2.45, 2.75) is 177 Å². The minimum atomic E-state index is -5.19. The molecule has 0 aliphatic rings. The second-order valence-electron chi connectivity index (χ2n) is 23.2. The van der Waals surface area contributed by atoms with Crippen LogP contribution in [-0.2, 0) is 35.8 Å². The molecule has 0 radical (unpaired) electrons. The van der Waals surface area contributed by atoms with Crippen LogP contribution in [0.2, 0.25) is 0 Å². The lowest BCUT2D eigenvalue weighted by Crippen LogP contribution is -2.53. The number of carboxylic acid groups (broad SMARTS) is 2. The smallest absolute Gasteiger partial charge is 0.430 e. The van der Waals surface area contributed by atoms with Gasteiger partial charge in [0.15, 0.2) is 22.1 Å². The fourth-order valence-electron chi connectivity index (χ4n) is 9.82. The average molecular weight is 1460 g/mol. The number of fused-ring (bicyclic) bond motifs is 2. The van der Waals surface area contributed by atoms with E-state index in [1.54, 1.807) is 26.2 Å². The highest BCUT2D eigenvalue weighted by atomic mass is 19.4. The van der Waals surface area contributed by atoms with Gasteiger partial charge in [0.25, 0.3) is 11.8 Å². The van der Waals surface area contributed by atoms with Crippen LogP contribution in [-0.4, -0.2) is 358 Å². The molecule has 100 heavy (non-hydrogen) atoms. The molecular weight excluding hydrogens is 1360 g/mol. The molecule has 2 amide bonds. The van der Waals surface area contributed by atoms with Crippen molar-refractivity contribution in [3.8, 4) is 0 Å². The minimum Gasteiger partial charge on any atom is -0.542 e. The molecular formula is C60H98F6N8O26. The number of rotatable bonds is 38. The SMILES string of the molecule is CCn1c[n+](CC)c2ccc(C(=O)N(C)CCCN(C[C@H](O)[C@@H](O)[C@H](O)[C@H](O)CO)C[C@H](O)[C@@H](O)[C@H](O)[C@H](O)CO)cc21.CCn1c[n+](CC)c2ccc(C(=O)N(C)CCCN(C[C@H](O)[C@@H](O)[C@H](O)[C@H](O)CO)C[C@H](O)[C@@H](O)[C@H](O)[C@H](O)CO)cc21.O=C([O-])C(F)(F)F.O=C([O-])C(F)(F)F. The Morgan fingerprint density at radius 1 is 0.420 bits per heavy atom. The van der Waals surface area contributed by atoms with Crippen LogP contribution in [0.3, 0.4) is 0 Å². The molecule has 0 fully saturated rings. The lowest BCUT2D eigenvalue weighted by Gasteiger charge is -2.33. The van der Waals surface area contributed by atoms with E-state index in [-0.39, 0.29) is 64.2 Å². The third kappa shape index (κ3) is 28.3. The number of nitrogens with zero attached hydrogens (tertiary/aromatic N) is 8. The standard InChI is InChI=1S/2C28H49N4O11.2C2HF3O2/c2*1-4-31-16-32(5-2)19-11-17(7-8-18(19)31)28(43)29(3)9-6-10-30(12-20(35)24(39)26(41)22(37)14-33)13-21(36)25(40)27(42)23(38)15-34;2*3-2(4,5)1(6)7/h2*7-8,11,16,20-27,33-42H,4-6,9-10,12-15H2,1-3H3;2*(H,6,7)/q2*+1;;/p-2/t2*20-,21-,22+,23+,24+,25+,26+,27+;;/m00../s1. The molecule has 4 aromatic rings. The number of amides is 2. The normalized spacial score (nSPS) is 16.9.